The van der Waals surface area contributed by atoms with E-state index < -0.39 is 0 Å². The van der Waals surface area contributed by atoms with Gasteiger partial charge in [-0.2, -0.15) is 0 Å². The second kappa shape index (κ2) is 5.64. The molecule has 1 unspecified atom stereocenters. The predicted octanol–water partition coefficient (Wildman–Crippen LogP) is 5.88. The molecule has 0 N–H and O–H groups in total. The largest absolute Gasteiger partial charge is 0.325 e. The molecule has 0 bridgehead atoms. The number of benzene rings is 1. The number of hydrogen-bond donors (Lipinski definition) is 0. The van der Waals surface area contributed by atoms with Crippen molar-refractivity contribution in [1.82, 2.24) is 9.55 Å². The number of fused-ring (bicyclic) bond motifs is 1. The van der Waals surface area contributed by atoms with Gasteiger partial charge in [-0.15, -0.1) is 11.6 Å². The van der Waals surface area contributed by atoms with Crippen LogP contribution in [-0.2, 0) is 6.42 Å². The highest BCUT2D eigenvalue weighted by Gasteiger charge is 2.33. The van der Waals surface area contributed by atoms with Crippen molar-refractivity contribution in [2.45, 2.75) is 45.6 Å². The van der Waals surface area contributed by atoms with Crippen LogP contribution < -0.4 is 0 Å². The fraction of sp³-hybridized carbons (Fsp3) is 0.562. The van der Waals surface area contributed by atoms with Crippen molar-refractivity contribution in [3.63, 3.8) is 0 Å². The molecule has 1 aromatic carbocycles. The third-order valence-electron chi connectivity index (χ3n) is 4.43. The number of aryl methyl sites for hydroxylation is 1. The number of halogens is 3. The summed E-state index contributed by atoms with van der Waals surface area (Å²) in [6, 6.07) is 4.27. The Hall–Kier alpha value is -0.440. The third-order valence-corrected chi connectivity index (χ3v) is 5.34. The van der Waals surface area contributed by atoms with Gasteiger partial charge in [0.25, 0.3) is 0 Å². The summed E-state index contributed by atoms with van der Waals surface area (Å²) in [6.45, 7) is 4.66. The van der Waals surface area contributed by atoms with Crippen LogP contribution >= 0.6 is 34.8 Å². The van der Waals surface area contributed by atoms with Crippen LogP contribution in [0.5, 0.6) is 0 Å². The molecule has 2 nitrogen and oxygen atoms in total. The molecule has 1 aromatic heterocycles. The van der Waals surface area contributed by atoms with Gasteiger partial charge in [0.2, 0.25) is 0 Å². The minimum atomic E-state index is 0.385. The number of hydrogen-bond acceptors (Lipinski definition) is 1. The van der Waals surface area contributed by atoms with Gasteiger partial charge < -0.3 is 4.57 Å². The molecular formula is C16H19Cl3N2. The minimum absolute atomic E-state index is 0.385. The smallest absolute Gasteiger partial charge is 0.111 e. The standard InChI is InChI=1S/C16H19Cl3N2/c1-16(2)5-3-10(9-16)21-14-8-12(19)11(18)7-13(14)20-15(21)4-6-17/h7-8,10H,3-6,9H2,1-2H3. The van der Waals surface area contributed by atoms with Gasteiger partial charge in [-0.3, -0.25) is 0 Å². The highest BCUT2D eigenvalue weighted by atomic mass is 35.5. The molecule has 114 valence electrons. The lowest BCUT2D eigenvalue weighted by Gasteiger charge is -2.20. The SMILES string of the molecule is CC1(C)CCC(n2c(CCCl)nc3cc(Cl)c(Cl)cc32)C1. The summed E-state index contributed by atoms with van der Waals surface area (Å²) < 4.78 is 2.34. The van der Waals surface area contributed by atoms with E-state index in [4.69, 9.17) is 39.8 Å². The predicted molar refractivity (Wildman–Crippen MR) is 90.8 cm³/mol. The zero-order valence-corrected chi connectivity index (χ0v) is 14.6. The summed E-state index contributed by atoms with van der Waals surface area (Å²) >= 11 is 18.3. The third kappa shape index (κ3) is 2.91. The molecule has 5 heteroatoms. The fourth-order valence-corrected chi connectivity index (χ4v) is 3.91. The highest BCUT2D eigenvalue weighted by Crippen LogP contribution is 2.45. The molecule has 1 heterocycles. The average Bonchev–Trinajstić information content (AvgIpc) is 2.91. The van der Waals surface area contributed by atoms with Crippen LogP contribution in [0.25, 0.3) is 11.0 Å². The summed E-state index contributed by atoms with van der Waals surface area (Å²) in [4.78, 5) is 4.73. The Balaban J connectivity index is 2.14. The fourth-order valence-electron chi connectivity index (χ4n) is 3.43. The van der Waals surface area contributed by atoms with Gasteiger partial charge in [-0.1, -0.05) is 37.0 Å². The maximum Gasteiger partial charge on any atom is 0.111 e. The first-order valence-electron chi connectivity index (χ1n) is 7.33. The molecule has 0 aliphatic heterocycles. The van der Waals surface area contributed by atoms with E-state index in [0.29, 0.717) is 27.4 Å². The van der Waals surface area contributed by atoms with E-state index >= 15 is 0 Å². The summed E-state index contributed by atoms with van der Waals surface area (Å²) in [6.07, 6.45) is 4.34. The summed E-state index contributed by atoms with van der Waals surface area (Å²) in [5.41, 5.74) is 2.37. The Kier molecular flexibility index (Phi) is 4.15. The van der Waals surface area contributed by atoms with E-state index in [9.17, 15) is 0 Å². The van der Waals surface area contributed by atoms with Crippen molar-refractivity contribution in [3.8, 4) is 0 Å². The van der Waals surface area contributed by atoms with Crippen molar-refractivity contribution in [2.75, 3.05) is 5.88 Å². The normalized spacial score (nSPS) is 21.3. The van der Waals surface area contributed by atoms with Gasteiger partial charge in [-0.25, -0.2) is 4.98 Å². The number of rotatable bonds is 3. The van der Waals surface area contributed by atoms with Crippen molar-refractivity contribution in [2.24, 2.45) is 5.41 Å². The van der Waals surface area contributed by atoms with E-state index in [1.165, 1.54) is 12.8 Å². The average molecular weight is 346 g/mol. The van der Waals surface area contributed by atoms with E-state index in [-0.39, 0.29) is 0 Å². The van der Waals surface area contributed by atoms with Crippen molar-refractivity contribution in [1.29, 1.82) is 0 Å². The molecule has 2 aromatic rings. The molecule has 1 fully saturated rings. The number of imidazole rings is 1. The van der Waals surface area contributed by atoms with Crippen LogP contribution in [-0.4, -0.2) is 15.4 Å². The molecule has 0 amide bonds. The van der Waals surface area contributed by atoms with E-state index in [1.807, 2.05) is 12.1 Å². The molecule has 3 rings (SSSR count). The maximum atomic E-state index is 6.21. The molecule has 1 atom stereocenters. The van der Waals surface area contributed by atoms with Crippen LogP contribution in [0.4, 0.5) is 0 Å². The first-order valence-corrected chi connectivity index (χ1v) is 8.62. The minimum Gasteiger partial charge on any atom is -0.325 e. The number of nitrogens with zero attached hydrogens (tertiary/aromatic N) is 2. The van der Waals surface area contributed by atoms with Crippen LogP contribution in [0.1, 0.15) is 45.0 Å². The van der Waals surface area contributed by atoms with Gasteiger partial charge in [0, 0.05) is 18.3 Å². The van der Waals surface area contributed by atoms with E-state index in [2.05, 4.69) is 18.4 Å². The van der Waals surface area contributed by atoms with Gasteiger partial charge in [-0.05, 0) is 36.8 Å². The zero-order chi connectivity index (χ0) is 15.2. The van der Waals surface area contributed by atoms with Crippen LogP contribution in [0, 0.1) is 5.41 Å². The topological polar surface area (TPSA) is 17.8 Å². The summed E-state index contributed by atoms with van der Waals surface area (Å²) in [5, 5.41) is 1.14. The first-order chi connectivity index (χ1) is 9.91. The Bertz CT molecular complexity index is 676. The zero-order valence-electron chi connectivity index (χ0n) is 12.3. The lowest BCUT2D eigenvalue weighted by atomic mass is 9.92. The van der Waals surface area contributed by atoms with E-state index in [0.717, 1.165) is 29.7 Å². The van der Waals surface area contributed by atoms with Crippen molar-refractivity contribution < 1.29 is 0 Å². The molecule has 0 spiro atoms. The quantitative estimate of drug-likeness (QED) is 0.635. The summed E-state index contributed by atoms with van der Waals surface area (Å²) in [7, 11) is 0. The van der Waals surface area contributed by atoms with Gasteiger partial charge in [0.05, 0.1) is 21.1 Å². The maximum absolute atomic E-state index is 6.21. The van der Waals surface area contributed by atoms with Gasteiger partial charge in [0.1, 0.15) is 5.82 Å². The number of aromatic nitrogens is 2. The molecule has 0 radical (unpaired) electrons. The van der Waals surface area contributed by atoms with Crippen LogP contribution in [0.2, 0.25) is 10.0 Å². The molecule has 1 aliphatic carbocycles. The van der Waals surface area contributed by atoms with Gasteiger partial charge >= 0.3 is 0 Å². The van der Waals surface area contributed by atoms with Crippen molar-refractivity contribution >= 4 is 45.8 Å². The Morgan fingerprint density at radius 2 is 2.00 bits per heavy atom. The first kappa shape index (κ1) is 15.5. The highest BCUT2D eigenvalue weighted by molar-refractivity contribution is 6.42. The van der Waals surface area contributed by atoms with Crippen molar-refractivity contribution in [3.05, 3.63) is 28.0 Å². The van der Waals surface area contributed by atoms with Crippen LogP contribution in [0.15, 0.2) is 12.1 Å². The Morgan fingerprint density at radius 1 is 1.29 bits per heavy atom. The Labute approximate surface area is 140 Å². The molecule has 1 saturated carbocycles. The second-order valence-electron chi connectivity index (χ2n) is 6.65. The van der Waals surface area contributed by atoms with Crippen LogP contribution in [0.3, 0.4) is 0 Å². The molecule has 21 heavy (non-hydrogen) atoms. The Morgan fingerprint density at radius 3 is 2.62 bits per heavy atom. The van der Waals surface area contributed by atoms with E-state index in [1.54, 1.807) is 0 Å². The summed E-state index contributed by atoms with van der Waals surface area (Å²) in [5.74, 6) is 1.61. The lowest BCUT2D eigenvalue weighted by Crippen LogP contribution is -2.12. The monoisotopic (exact) mass is 344 g/mol. The van der Waals surface area contributed by atoms with Gasteiger partial charge in [0.15, 0.2) is 0 Å². The molecule has 1 aliphatic rings. The molecular weight excluding hydrogens is 327 g/mol. The second-order valence-corrected chi connectivity index (χ2v) is 7.85. The lowest BCUT2D eigenvalue weighted by molar-refractivity contribution is 0.358. The molecule has 0 saturated heterocycles. The number of alkyl halides is 1.